The Hall–Kier alpha value is -2.15. The van der Waals surface area contributed by atoms with Crippen LogP contribution in [0.1, 0.15) is 32.8 Å². The van der Waals surface area contributed by atoms with Gasteiger partial charge in [0.25, 0.3) is 0 Å². The number of nitrogens with zero attached hydrogens (tertiary/aromatic N) is 2. The Bertz CT molecular complexity index is 663. The average molecular weight is 397 g/mol. The van der Waals surface area contributed by atoms with Crippen molar-refractivity contribution in [3.05, 3.63) is 22.7 Å². The first-order chi connectivity index (χ1) is 13.1. The predicted molar refractivity (Wildman–Crippen MR) is 108 cm³/mol. The number of nitrogens with one attached hydrogen (secondary N) is 2. The van der Waals surface area contributed by atoms with Crippen molar-refractivity contribution in [1.29, 1.82) is 0 Å². The Kier molecular flexibility index (Phi) is 8.51. The van der Waals surface area contributed by atoms with Crippen molar-refractivity contribution in [2.75, 3.05) is 39.4 Å². The minimum absolute atomic E-state index is 0.141. The highest BCUT2D eigenvalue weighted by atomic mass is 35.5. The normalized spacial score (nSPS) is 13.3. The van der Waals surface area contributed by atoms with Gasteiger partial charge in [-0.05, 0) is 38.5 Å². The van der Waals surface area contributed by atoms with Gasteiger partial charge in [0, 0.05) is 32.6 Å². The molecule has 0 fully saturated rings. The fourth-order valence-electron chi connectivity index (χ4n) is 2.79. The van der Waals surface area contributed by atoms with Crippen LogP contribution in [0, 0.1) is 0 Å². The Labute approximate surface area is 166 Å². The molecule has 1 aliphatic heterocycles. The maximum atomic E-state index is 12.1. The van der Waals surface area contributed by atoms with E-state index in [1.54, 1.807) is 0 Å². The molecule has 0 spiro atoms. The van der Waals surface area contributed by atoms with Gasteiger partial charge in [-0.2, -0.15) is 0 Å². The Morgan fingerprint density at radius 2 is 1.93 bits per heavy atom. The number of carbonyl (C=O) groups excluding carboxylic acids is 1. The summed E-state index contributed by atoms with van der Waals surface area (Å²) < 4.78 is 11.1. The summed E-state index contributed by atoms with van der Waals surface area (Å²) in [5.41, 5.74) is 0.931. The Balaban J connectivity index is 1.95. The smallest absolute Gasteiger partial charge is 0.224 e. The van der Waals surface area contributed by atoms with Crippen molar-refractivity contribution in [3.8, 4) is 11.5 Å². The van der Waals surface area contributed by atoms with Crippen LogP contribution in [0.2, 0.25) is 5.02 Å². The number of guanidine groups is 1. The number of benzene rings is 1. The maximum Gasteiger partial charge on any atom is 0.224 e. The molecule has 0 aromatic heterocycles. The molecule has 1 heterocycles. The molecular weight excluding hydrogens is 368 g/mol. The maximum absolute atomic E-state index is 12.1. The van der Waals surface area contributed by atoms with Crippen LogP contribution in [0.15, 0.2) is 17.1 Å². The van der Waals surface area contributed by atoms with Gasteiger partial charge in [0.2, 0.25) is 5.91 Å². The molecule has 7 nitrogen and oxygen atoms in total. The summed E-state index contributed by atoms with van der Waals surface area (Å²) in [5, 5.41) is 6.92. The van der Waals surface area contributed by atoms with Crippen molar-refractivity contribution in [1.82, 2.24) is 15.5 Å². The van der Waals surface area contributed by atoms with E-state index >= 15 is 0 Å². The summed E-state index contributed by atoms with van der Waals surface area (Å²) >= 11 is 6.27. The van der Waals surface area contributed by atoms with Crippen LogP contribution in [0.3, 0.4) is 0 Å². The molecule has 0 saturated carbocycles. The molecule has 0 saturated heterocycles. The molecule has 1 aromatic carbocycles. The number of fused-ring (bicyclic) bond motifs is 1. The molecule has 150 valence electrons. The van der Waals surface area contributed by atoms with Crippen LogP contribution in [-0.2, 0) is 11.3 Å². The monoisotopic (exact) mass is 396 g/mol. The summed E-state index contributed by atoms with van der Waals surface area (Å²) in [6.45, 7) is 10.2. The van der Waals surface area contributed by atoms with Gasteiger partial charge in [-0.3, -0.25) is 4.79 Å². The minimum atomic E-state index is 0.141. The lowest BCUT2D eigenvalue weighted by Gasteiger charge is -2.20. The van der Waals surface area contributed by atoms with Crippen molar-refractivity contribution in [2.45, 2.75) is 33.7 Å². The van der Waals surface area contributed by atoms with Gasteiger partial charge >= 0.3 is 0 Å². The Morgan fingerprint density at radius 1 is 1.19 bits per heavy atom. The van der Waals surface area contributed by atoms with E-state index in [-0.39, 0.29) is 5.91 Å². The fourth-order valence-corrected chi connectivity index (χ4v) is 3.08. The van der Waals surface area contributed by atoms with E-state index in [1.165, 1.54) is 0 Å². The molecule has 1 aromatic rings. The zero-order valence-corrected chi connectivity index (χ0v) is 17.1. The van der Waals surface area contributed by atoms with Crippen molar-refractivity contribution in [2.24, 2.45) is 4.99 Å². The van der Waals surface area contributed by atoms with Crippen LogP contribution in [-0.4, -0.2) is 56.2 Å². The first-order valence-corrected chi connectivity index (χ1v) is 9.84. The van der Waals surface area contributed by atoms with E-state index in [0.29, 0.717) is 55.2 Å². The Morgan fingerprint density at radius 3 is 2.63 bits per heavy atom. The summed E-state index contributed by atoms with van der Waals surface area (Å²) in [6.07, 6.45) is 0.432. The van der Waals surface area contributed by atoms with Crippen LogP contribution in [0.25, 0.3) is 0 Å². The second-order valence-corrected chi connectivity index (χ2v) is 6.45. The van der Waals surface area contributed by atoms with E-state index in [1.807, 2.05) is 37.8 Å². The molecule has 1 aliphatic rings. The number of ether oxygens (including phenoxy) is 2. The number of carbonyl (C=O) groups is 1. The first-order valence-electron chi connectivity index (χ1n) is 9.46. The van der Waals surface area contributed by atoms with Crippen molar-refractivity contribution in [3.63, 3.8) is 0 Å². The topological polar surface area (TPSA) is 75.2 Å². The number of halogens is 1. The molecule has 0 aliphatic carbocycles. The third-order valence-corrected chi connectivity index (χ3v) is 4.45. The fraction of sp³-hybridized carbons (Fsp3) is 0.579. The van der Waals surface area contributed by atoms with E-state index in [2.05, 4.69) is 15.6 Å². The number of amides is 1. The quantitative estimate of drug-likeness (QED) is 0.521. The van der Waals surface area contributed by atoms with Gasteiger partial charge in [-0.25, -0.2) is 4.99 Å². The number of hydrogen-bond donors (Lipinski definition) is 2. The van der Waals surface area contributed by atoms with Crippen LogP contribution in [0.4, 0.5) is 0 Å². The largest absolute Gasteiger partial charge is 0.486 e. The summed E-state index contributed by atoms with van der Waals surface area (Å²) in [4.78, 5) is 18.5. The number of rotatable bonds is 8. The highest BCUT2D eigenvalue weighted by molar-refractivity contribution is 6.32. The van der Waals surface area contributed by atoms with Crippen LogP contribution in [0.5, 0.6) is 11.5 Å². The summed E-state index contributed by atoms with van der Waals surface area (Å²) in [6, 6.07) is 3.74. The second-order valence-electron chi connectivity index (χ2n) is 6.04. The molecule has 0 bridgehead atoms. The average Bonchev–Trinajstić information content (AvgIpc) is 2.67. The van der Waals surface area contributed by atoms with Crippen LogP contribution < -0.4 is 20.1 Å². The van der Waals surface area contributed by atoms with Gasteiger partial charge in [0.15, 0.2) is 17.5 Å². The third kappa shape index (κ3) is 6.20. The van der Waals surface area contributed by atoms with E-state index < -0.39 is 0 Å². The summed E-state index contributed by atoms with van der Waals surface area (Å²) in [5.74, 6) is 2.05. The molecule has 0 unspecified atom stereocenters. The molecule has 2 N–H and O–H groups in total. The van der Waals surface area contributed by atoms with Crippen molar-refractivity contribution < 1.29 is 14.3 Å². The summed E-state index contributed by atoms with van der Waals surface area (Å²) in [7, 11) is 0. The molecular formula is C19H29ClN4O3. The van der Waals surface area contributed by atoms with Gasteiger partial charge in [0.1, 0.15) is 13.2 Å². The highest BCUT2D eigenvalue weighted by Gasteiger charge is 2.16. The van der Waals surface area contributed by atoms with Gasteiger partial charge in [-0.1, -0.05) is 11.6 Å². The standard InChI is InChI=1S/C19H29ClN4O3/c1-4-21-19(22-8-7-17(25)24(5-2)6-3)23-13-14-11-15(20)18-16(12-14)26-9-10-27-18/h11-12H,4-10,13H2,1-3H3,(H2,21,22,23). The zero-order valence-electron chi connectivity index (χ0n) is 16.3. The number of aliphatic imine (C=N–C) groups is 1. The second kappa shape index (κ2) is 10.9. The lowest BCUT2D eigenvalue weighted by molar-refractivity contribution is -0.130. The molecule has 8 heteroatoms. The third-order valence-electron chi connectivity index (χ3n) is 4.17. The van der Waals surface area contributed by atoms with Gasteiger partial charge in [-0.15, -0.1) is 0 Å². The van der Waals surface area contributed by atoms with E-state index in [4.69, 9.17) is 21.1 Å². The molecule has 2 rings (SSSR count). The van der Waals surface area contributed by atoms with E-state index in [0.717, 1.165) is 25.2 Å². The molecule has 27 heavy (non-hydrogen) atoms. The molecule has 0 atom stereocenters. The van der Waals surface area contributed by atoms with Gasteiger partial charge < -0.3 is 25.0 Å². The predicted octanol–water partition coefficient (Wildman–Crippen LogP) is 2.42. The molecule has 1 amide bonds. The van der Waals surface area contributed by atoms with Gasteiger partial charge in [0.05, 0.1) is 11.6 Å². The molecule has 0 radical (unpaired) electrons. The first kappa shape index (κ1) is 21.2. The minimum Gasteiger partial charge on any atom is -0.486 e. The van der Waals surface area contributed by atoms with E-state index in [9.17, 15) is 4.79 Å². The lowest BCUT2D eigenvalue weighted by Crippen LogP contribution is -2.40. The highest BCUT2D eigenvalue weighted by Crippen LogP contribution is 2.38. The van der Waals surface area contributed by atoms with Crippen molar-refractivity contribution >= 4 is 23.5 Å². The van der Waals surface area contributed by atoms with Crippen LogP contribution >= 0.6 is 11.6 Å². The lowest BCUT2D eigenvalue weighted by atomic mass is 10.2. The number of hydrogen-bond acceptors (Lipinski definition) is 4. The zero-order chi connectivity index (χ0) is 19.6. The SMILES string of the molecule is CCNC(=NCc1cc(Cl)c2c(c1)OCCO2)NCCC(=O)N(CC)CC.